The molecular weight excluding hydrogens is 430 g/mol. The van der Waals surface area contributed by atoms with E-state index in [1.54, 1.807) is 7.11 Å². The summed E-state index contributed by atoms with van der Waals surface area (Å²) in [6.45, 7) is 3.97. The number of carboxylic acids is 1. The maximum absolute atomic E-state index is 13.5. The summed E-state index contributed by atoms with van der Waals surface area (Å²) in [6, 6.07) is 11.7. The molecule has 1 aliphatic heterocycles. The van der Waals surface area contributed by atoms with E-state index < -0.39 is 11.9 Å². The molecule has 0 saturated heterocycles. The van der Waals surface area contributed by atoms with E-state index in [-0.39, 0.29) is 39.8 Å². The van der Waals surface area contributed by atoms with Crippen molar-refractivity contribution in [2.75, 3.05) is 12.0 Å². The molecule has 2 aliphatic rings. The first-order valence-corrected chi connectivity index (χ1v) is 10.8. The van der Waals surface area contributed by atoms with Gasteiger partial charge in [0.25, 0.3) is 0 Å². The SMILES string of the molecule is COc1ccccc1C1CC(=O)N(c2cc(C(=O)O)ccc2Cl)C2=C1C(=O)CC(C)(C)C2. The number of carbonyl (C=O) groups is 3. The van der Waals surface area contributed by atoms with Crippen LogP contribution in [0.5, 0.6) is 5.75 Å². The second-order valence-electron chi connectivity index (χ2n) is 9.00. The van der Waals surface area contributed by atoms with Gasteiger partial charge < -0.3 is 9.84 Å². The Labute approximate surface area is 191 Å². The standard InChI is InChI=1S/C25H24ClNO5/c1-25(2)12-19-23(20(28)13-25)16(15-6-4-5-7-21(15)32-3)11-22(29)27(19)18-10-14(24(30)31)8-9-17(18)26/h4-10,16H,11-13H2,1-3H3,(H,30,31). The molecule has 0 saturated carbocycles. The quantitative estimate of drug-likeness (QED) is 0.686. The molecule has 6 nitrogen and oxygen atoms in total. The first-order chi connectivity index (χ1) is 15.1. The number of Topliss-reactive ketones (excluding diaryl/α,β-unsaturated/α-hetero) is 1. The number of rotatable bonds is 4. The van der Waals surface area contributed by atoms with Gasteiger partial charge in [-0.25, -0.2) is 4.79 Å². The molecule has 0 fully saturated rings. The Hall–Kier alpha value is -3.12. The molecule has 1 N–H and O–H groups in total. The number of ether oxygens (including phenoxy) is 1. The number of hydrogen-bond acceptors (Lipinski definition) is 4. The van der Waals surface area contributed by atoms with E-state index in [9.17, 15) is 19.5 Å². The van der Waals surface area contributed by atoms with Crippen LogP contribution in [0.1, 0.15) is 54.9 Å². The summed E-state index contributed by atoms with van der Waals surface area (Å²) in [7, 11) is 1.56. The molecule has 1 unspecified atom stereocenters. The Bertz CT molecular complexity index is 1170. The van der Waals surface area contributed by atoms with Crippen molar-refractivity contribution in [1.29, 1.82) is 0 Å². The third-order valence-electron chi connectivity index (χ3n) is 6.09. The highest BCUT2D eigenvalue weighted by Gasteiger charge is 2.45. The number of methoxy groups -OCH3 is 1. The number of nitrogens with zero attached hydrogens (tertiary/aromatic N) is 1. The molecule has 1 amide bonds. The average molecular weight is 454 g/mol. The molecule has 1 heterocycles. The molecule has 4 rings (SSSR count). The van der Waals surface area contributed by atoms with Crippen molar-refractivity contribution in [3.63, 3.8) is 0 Å². The second kappa shape index (κ2) is 8.10. The van der Waals surface area contributed by atoms with Crippen molar-refractivity contribution in [1.82, 2.24) is 0 Å². The topological polar surface area (TPSA) is 83.9 Å². The van der Waals surface area contributed by atoms with Crippen LogP contribution in [0.25, 0.3) is 0 Å². The van der Waals surface area contributed by atoms with Crippen LogP contribution in [0.15, 0.2) is 53.7 Å². The third kappa shape index (κ3) is 3.79. The highest BCUT2D eigenvalue weighted by atomic mass is 35.5. The zero-order chi connectivity index (χ0) is 23.2. The normalized spacial score (nSPS) is 20.2. The highest BCUT2D eigenvalue weighted by Crippen LogP contribution is 2.50. The molecular formula is C25H24ClNO5. The maximum atomic E-state index is 13.5. The van der Waals surface area contributed by atoms with Gasteiger partial charge in [-0.1, -0.05) is 43.6 Å². The Morgan fingerprint density at radius 1 is 1.16 bits per heavy atom. The number of allylic oxidation sites excluding steroid dienone is 2. The predicted octanol–water partition coefficient (Wildman–Crippen LogP) is 5.21. The summed E-state index contributed by atoms with van der Waals surface area (Å²) < 4.78 is 5.52. The van der Waals surface area contributed by atoms with Gasteiger partial charge in [0.05, 0.1) is 23.4 Å². The molecule has 2 aromatic carbocycles. The molecule has 1 aliphatic carbocycles. The summed E-state index contributed by atoms with van der Waals surface area (Å²) in [5, 5.41) is 9.70. The second-order valence-corrected chi connectivity index (χ2v) is 9.41. The van der Waals surface area contributed by atoms with Gasteiger partial charge in [0.1, 0.15) is 5.75 Å². The fourth-order valence-electron chi connectivity index (χ4n) is 4.73. The van der Waals surface area contributed by atoms with E-state index in [0.717, 1.165) is 5.56 Å². The Kier molecular flexibility index (Phi) is 5.59. The molecule has 0 radical (unpaired) electrons. The van der Waals surface area contributed by atoms with Crippen molar-refractivity contribution in [3.8, 4) is 5.75 Å². The minimum absolute atomic E-state index is 0.0184. The lowest BCUT2D eigenvalue weighted by Gasteiger charge is -2.43. The fraction of sp³-hybridized carbons (Fsp3) is 0.320. The molecule has 32 heavy (non-hydrogen) atoms. The zero-order valence-electron chi connectivity index (χ0n) is 18.1. The van der Waals surface area contributed by atoms with Gasteiger partial charge in [-0.3, -0.25) is 14.5 Å². The van der Waals surface area contributed by atoms with Gasteiger partial charge in [-0.2, -0.15) is 0 Å². The van der Waals surface area contributed by atoms with Crippen LogP contribution >= 0.6 is 11.6 Å². The van der Waals surface area contributed by atoms with Gasteiger partial charge in [-0.15, -0.1) is 0 Å². The van der Waals surface area contributed by atoms with Crippen LogP contribution in [0, 0.1) is 5.41 Å². The first-order valence-electron chi connectivity index (χ1n) is 10.4. The molecule has 7 heteroatoms. The van der Waals surface area contributed by atoms with Crippen LogP contribution < -0.4 is 9.64 Å². The summed E-state index contributed by atoms with van der Waals surface area (Å²) in [6.07, 6.45) is 0.903. The highest BCUT2D eigenvalue weighted by molar-refractivity contribution is 6.34. The van der Waals surface area contributed by atoms with E-state index in [4.69, 9.17) is 16.3 Å². The van der Waals surface area contributed by atoms with E-state index in [1.807, 2.05) is 38.1 Å². The number of amides is 1. The maximum Gasteiger partial charge on any atom is 0.335 e. The number of hydrogen-bond donors (Lipinski definition) is 1. The number of anilines is 1. The summed E-state index contributed by atoms with van der Waals surface area (Å²) >= 11 is 6.42. The van der Waals surface area contributed by atoms with Crippen molar-refractivity contribution in [2.45, 2.75) is 39.0 Å². The third-order valence-corrected chi connectivity index (χ3v) is 6.41. The number of aromatic carboxylic acids is 1. The van der Waals surface area contributed by atoms with E-state index in [0.29, 0.717) is 29.9 Å². The molecule has 1 atom stereocenters. The van der Waals surface area contributed by atoms with Crippen LogP contribution in [0.3, 0.4) is 0 Å². The number of carboxylic acid groups (broad SMARTS) is 1. The van der Waals surface area contributed by atoms with Crippen LogP contribution in [-0.2, 0) is 9.59 Å². The molecule has 166 valence electrons. The number of ketones is 1. The van der Waals surface area contributed by atoms with Crippen LogP contribution in [0.2, 0.25) is 5.02 Å². The van der Waals surface area contributed by atoms with E-state index >= 15 is 0 Å². The minimum atomic E-state index is -1.12. The molecule has 0 spiro atoms. The molecule has 0 aromatic heterocycles. The van der Waals surface area contributed by atoms with Gasteiger partial charge in [-0.05, 0) is 36.1 Å². The van der Waals surface area contributed by atoms with Crippen molar-refractivity contribution in [2.24, 2.45) is 5.41 Å². The average Bonchev–Trinajstić information content (AvgIpc) is 2.72. The minimum Gasteiger partial charge on any atom is -0.496 e. The Balaban J connectivity index is 1.95. The van der Waals surface area contributed by atoms with Gasteiger partial charge in [0.2, 0.25) is 5.91 Å². The molecule has 0 bridgehead atoms. The zero-order valence-corrected chi connectivity index (χ0v) is 18.9. The lowest BCUT2D eigenvalue weighted by molar-refractivity contribution is -0.121. The summed E-state index contributed by atoms with van der Waals surface area (Å²) in [5.41, 5.74) is 1.90. The number of halogens is 1. The number of carbonyl (C=O) groups excluding carboxylic acids is 2. The van der Waals surface area contributed by atoms with Crippen molar-refractivity contribution in [3.05, 3.63) is 69.9 Å². The first kappa shape index (κ1) is 22.1. The fourth-order valence-corrected chi connectivity index (χ4v) is 4.93. The van der Waals surface area contributed by atoms with Crippen LogP contribution in [-0.4, -0.2) is 29.9 Å². The lowest BCUT2D eigenvalue weighted by Crippen LogP contribution is -2.44. The summed E-state index contributed by atoms with van der Waals surface area (Å²) in [5.74, 6) is -1.19. The lowest BCUT2D eigenvalue weighted by atomic mass is 9.69. The number of benzene rings is 2. The smallest absolute Gasteiger partial charge is 0.335 e. The Morgan fingerprint density at radius 3 is 2.56 bits per heavy atom. The van der Waals surface area contributed by atoms with Gasteiger partial charge in [0, 0.05) is 35.6 Å². The van der Waals surface area contributed by atoms with Crippen LogP contribution in [0.4, 0.5) is 5.69 Å². The summed E-state index contributed by atoms with van der Waals surface area (Å²) in [4.78, 5) is 39.9. The van der Waals surface area contributed by atoms with E-state index in [2.05, 4.69) is 0 Å². The van der Waals surface area contributed by atoms with Gasteiger partial charge in [0.15, 0.2) is 5.78 Å². The van der Waals surface area contributed by atoms with Gasteiger partial charge >= 0.3 is 5.97 Å². The predicted molar refractivity (Wildman–Crippen MR) is 121 cm³/mol. The van der Waals surface area contributed by atoms with Crippen molar-refractivity contribution >= 4 is 34.9 Å². The monoisotopic (exact) mass is 453 g/mol. The number of para-hydroxylation sites is 1. The van der Waals surface area contributed by atoms with Crippen molar-refractivity contribution < 1.29 is 24.2 Å². The largest absolute Gasteiger partial charge is 0.496 e. The Morgan fingerprint density at radius 2 is 1.88 bits per heavy atom. The molecule has 2 aromatic rings. The van der Waals surface area contributed by atoms with E-state index in [1.165, 1.54) is 23.1 Å².